The number of carbonyl (C=O) groups is 2. The summed E-state index contributed by atoms with van der Waals surface area (Å²) in [4.78, 5) is 24.3. The van der Waals surface area contributed by atoms with E-state index < -0.39 is 12.0 Å². The number of urea groups is 1. The van der Waals surface area contributed by atoms with E-state index in [1.54, 1.807) is 0 Å². The number of amides is 2. The van der Waals surface area contributed by atoms with Crippen molar-refractivity contribution in [3.8, 4) is 0 Å². The number of carboxylic acid groups (broad SMARTS) is 1. The van der Waals surface area contributed by atoms with Crippen LogP contribution in [0.1, 0.15) is 27.7 Å². The molecule has 18 heavy (non-hydrogen) atoms. The Morgan fingerprint density at radius 1 is 1.50 bits per heavy atom. The van der Waals surface area contributed by atoms with Crippen LogP contribution >= 0.6 is 11.8 Å². The smallest absolute Gasteiger partial charge is 0.327 e. The van der Waals surface area contributed by atoms with E-state index in [0.717, 1.165) is 0 Å². The van der Waals surface area contributed by atoms with Crippen molar-refractivity contribution in [2.45, 2.75) is 33.7 Å². The van der Waals surface area contributed by atoms with Crippen molar-refractivity contribution in [1.82, 2.24) is 10.2 Å². The van der Waals surface area contributed by atoms with E-state index in [-0.39, 0.29) is 11.4 Å². The Morgan fingerprint density at radius 2 is 2.11 bits per heavy atom. The van der Waals surface area contributed by atoms with Crippen LogP contribution in [0.5, 0.6) is 0 Å². The van der Waals surface area contributed by atoms with Crippen LogP contribution in [0.4, 0.5) is 4.79 Å². The minimum Gasteiger partial charge on any atom is -0.480 e. The molecule has 1 rings (SSSR count). The fraction of sp³-hybridized carbons (Fsp3) is 0.833. The molecule has 0 radical (unpaired) electrons. The second-order valence-electron chi connectivity index (χ2n) is 5.78. The van der Waals surface area contributed by atoms with Crippen LogP contribution in [0.25, 0.3) is 0 Å². The van der Waals surface area contributed by atoms with Crippen LogP contribution in [0.2, 0.25) is 0 Å². The number of nitrogens with one attached hydrogen (secondary N) is 1. The van der Waals surface area contributed by atoms with Gasteiger partial charge in [0.2, 0.25) is 0 Å². The molecule has 0 spiro atoms. The van der Waals surface area contributed by atoms with E-state index in [4.69, 9.17) is 5.11 Å². The second kappa shape index (κ2) is 5.82. The Hall–Kier alpha value is -0.910. The number of hydrogen-bond donors (Lipinski definition) is 2. The Bertz CT molecular complexity index is 328. The predicted molar refractivity (Wildman–Crippen MR) is 72.6 cm³/mol. The van der Waals surface area contributed by atoms with E-state index >= 15 is 0 Å². The fourth-order valence-electron chi connectivity index (χ4n) is 1.50. The number of nitrogens with zero attached hydrogens (tertiary/aromatic N) is 1. The number of carbonyl (C=O) groups excluding carboxylic acids is 1. The summed E-state index contributed by atoms with van der Waals surface area (Å²) >= 11 is 1.47. The molecule has 1 unspecified atom stereocenters. The minimum atomic E-state index is -0.931. The van der Waals surface area contributed by atoms with Crippen LogP contribution in [0.15, 0.2) is 0 Å². The minimum absolute atomic E-state index is 0.124. The van der Waals surface area contributed by atoms with E-state index in [9.17, 15) is 9.59 Å². The Balaban J connectivity index is 2.48. The molecule has 0 aromatic rings. The molecule has 104 valence electrons. The van der Waals surface area contributed by atoms with Crippen molar-refractivity contribution in [2.24, 2.45) is 11.3 Å². The number of rotatable bonds is 3. The molecule has 2 N–H and O–H groups in total. The van der Waals surface area contributed by atoms with Crippen molar-refractivity contribution in [2.75, 3.05) is 18.2 Å². The van der Waals surface area contributed by atoms with Gasteiger partial charge in [0.15, 0.2) is 0 Å². The lowest BCUT2D eigenvalue weighted by Gasteiger charge is -2.29. The Kier molecular flexibility index (Phi) is 4.90. The molecule has 1 fully saturated rings. The van der Waals surface area contributed by atoms with Crippen LogP contribution in [0.3, 0.4) is 0 Å². The summed E-state index contributed by atoms with van der Waals surface area (Å²) in [6.45, 7) is 9.00. The molecule has 0 saturated carbocycles. The normalized spacial score (nSPS) is 21.8. The summed E-state index contributed by atoms with van der Waals surface area (Å²) in [5.74, 6) is 0.323. The zero-order valence-corrected chi connectivity index (χ0v) is 12.2. The fourth-order valence-corrected chi connectivity index (χ4v) is 2.64. The van der Waals surface area contributed by atoms with E-state index in [2.05, 4.69) is 33.0 Å². The third kappa shape index (κ3) is 3.80. The maximum atomic E-state index is 11.9. The van der Waals surface area contributed by atoms with Gasteiger partial charge in [0.05, 0.1) is 5.88 Å². The summed E-state index contributed by atoms with van der Waals surface area (Å²) in [6, 6.07) is -0.969. The lowest BCUT2D eigenvalue weighted by molar-refractivity contribution is -0.140. The van der Waals surface area contributed by atoms with Crippen LogP contribution in [-0.4, -0.2) is 46.2 Å². The van der Waals surface area contributed by atoms with Gasteiger partial charge < -0.3 is 15.3 Å². The molecule has 2 amide bonds. The first kappa shape index (κ1) is 15.1. The molecule has 0 aromatic carbocycles. The number of carboxylic acids is 1. The SMILES string of the molecule is CC(CNC(=O)N1CSC[C@H]1C(=O)O)C(C)(C)C. The van der Waals surface area contributed by atoms with Gasteiger partial charge in [0.25, 0.3) is 0 Å². The molecule has 5 nitrogen and oxygen atoms in total. The van der Waals surface area contributed by atoms with E-state index in [0.29, 0.717) is 24.1 Å². The first-order valence-electron chi connectivity index (χ1n) is 6.08. The largest absolute Gasteiger partial charge is 0.480 e. The lowest BCUT2D eigenvalue weighted by Crippen LogP contribution is -2.48. The highest BCUT2D eigenvalue weighted by Crippen LogP contribution is 2.25. The quantitative estimate of drug-likeness (QED) is 0.824. The predicted octanol–water partition coefficient (Wildman–Crippen LogP) is 1.84. The van der Waals surface area contributed by atoms with Gasteiger partial charge in [-0.2, -0.15) is 0 Å². The van der Waals surface area contributed by atoms with Gasteiger partial charge in [0, 0.05) is 12.3 Å². The molecule has 2 atom stereocenters. The molecule has 1 heterocycles. The molecular weight excluding hydrogens is 252 g/mol. The summed E-state index contributed by atoms with van der Waals surface area (Å²) in [7, 11) is 0. The monoisotopic (exact) mass is 274 g/mol. The number of hydrogen-bond acceptors (Lipinski definition) is 3. The summed E-state index contributed by atoms with van der Waals surface area (Å²) in [6.07, 6.45) is 0. The standard InChI is InChI=1S/C12H22N2O3S/c1-8(12(2,3)4)5-13-11(17)14-7-18-6-9(14)10(15)16/h8-9H,5-7H2,1-4H3,(H,13,17)(H,15,16)/t8?,9-/m0/s1. The average molecular weight is 274 g/mol. The zero-order chi connectivity index (χ0) is 13.9. The number of thioether (sulfide) groups is 1. The molecule has 1 aliphatic heterocycles. The molecule has 6 heteroatoms. The van der Waals surface area contributed by atoms with Crippen molar-refractivity contribution in [3.63, 3.8) is 0 Å². The summed E-state index contributed by atoms with van der Waals surface area (Å²) in [5.41, 5.74) is 0.124. The number of aliphatic carboxylic acids is 1. The molecule has 0 aliphatic carbocycles. The van der Waals surface area contributed by atoms with Crippen LogP contribution in [0, 0.1) is 11.3 Å². The highest BCUT2D eigenvalue weighted by atomic mass is 32.2. The van der Waals surface area contributed by atoms with Gasteiger partial charge >= 0.3 is 12.0 Å². The van der Waals surface area contributed by atoms with Gasteiger partial charge in [0.1, 0.15) is 6.04 Å². The maximum Gasteiger partial charge on any atom is 0.327 e. The molecular formula is C12H22N2O3S. The van der Waals surface area contributed by atoms with Crippen molar-refractivity contribution in [1.29, 1.82) is 0 Å². The highest BCUT2D eigenvalue weighted by molar-refractivity contribution is 7.99. The zero-order valence-electron chi connectivity index (χ0n) is 11.4. The van der Waals surface area contributed by atoms with Crippen molar-refractivity contribution in [3.05, 3.63) is 0 Å². The highest BCUT2D eigenvalue weighted by Gasteiger charge is 2.34. The molecule has 1 saturated heterocycles. The molecule has 0 bridgehead atoms. The van der Waals surface area contributed by atoms with Crippen LogP contribution in [-0.2, 0) is 4.79 Å². The van der Waals surface area contributed by atoms with E-state index in [1.807, 2.05) is 0 Å². The first-order valence-corrected chi connectivity index (χ1v) is 7.24. The van der Waals surface area contributed by atoms with Gasteiger partial charge in [-0.05, 0) is 11.3 Å². The molecule has 0 aromatic heterocycles. The van der Waals surface area contributed by atoms with Gasteiger partial charge in [-0.15, -0.1) is 11.8 Å². The lowest BCUT2D eigenvalue weighted by atomic mass is 9.82. The van der Waals surface area contributed by atoms with Crippen molar-refractivity contribution >= 4 is 23.8 Å². The maximum absolute atomic E-state index is 11.9. The third-order valence-corrected chi connectivity index (χ3v) is 4.48. The van der Waals surface area contributed by atoms with Crippen LogP contribution < -0.4 is 5.32 Å². The third-order valence-electron chi connectivity index (χ3n) is 3.47. The van der Waals surface area contributed by atoms with Gasteiger partial charge in [-0.1, -0.05) is 27.7 Å². The van der Waals surface area contributed by atoms with Gasteiger partial charge in [-0.3, -0.25) is 0 Å². The molecule has 1 aliphatic rings. The first-order chi connectivity index (χ1) is 8.23. The van der Waals surface area contributed by atoms with E-state index in [1.165, 1.54) is 16.7 Å². The topological polar surface area (TPSA) is 69.6 Å². The second-order valence-corrected chi connectivity index (χ2v) is 6.78. The Labute approximate surface area is 112 Å². The van der Waals surface area contributed by atoms with Gasteiger partial charge in [-0.25, -0.2) is 9.59 Å². The average Bonchev–Trinajstić information content (AvgIpc) is 2.72. The summed E-state index contributed by atoms with van der Waals surface area (Å²) < 4.78 is 0. The van der Waals surface area contributed by atoms with Crippen molar-refractivity contribution < 1.29 is 14.7 Å². The Morgan fingerprint density at radius 3 is 2.61 bits per heavy atom. The summed E-state index contributed by atoms with van der Waals surface area (Å²) in [5, 5.41) is 11.8.